The molecule has 0 atom stereocenters. The van der Waals surface area contributed by atoms with Crippen LogP contribution in [0.15, 0.2) is 39.2 Å². The van der Waals surface area contributed by atoms with Crippen LogP contribution in [0, 0.1) is 6.92 Å². The van der Waals surface area contributed by atoms with E-state index >= 15 is 0 Å². The monoisotopic (exact) mass is 332 g/mol. The van der Waals surface area contributed by atoms with Crippen LogP contribution >= 0.6 is 11.3 Å². The molecule has 2 aromatic heterocycles. The lowest BCUT2D eigenvalue weighted by molar-refractivity contribution is -0.148. The molecule has 0 N–H and O–H groups in total. The van der Waals surface area contributed by atoms with Gasteiger partial charge in [-0.2, -0.15) is 4.68 Å². The second-order valence-electron chi connectivity index (χ2n) is 4.79. The highest BCUT2D eigenvalue weighted by Crippen LogP contribution is 2.03. The van der Waals surface area contributed by atoms with Gasteiger partial charge in [-0.3, -0.25) is 19.0 Å². The molecule has 0 aliphatic rings. The quantitative estimate of drug-likeness (QED) is 0.647. The summed E-state index contributed by atoms with van der Waals surface area (Å²) in [5.74, 6) is -0.629. The molecule has 0 saturated carbocycles. The summed E-state index contributed by atoms with van der Waals surface area (Å²) in [5, 5.41) is 9.67. The first-order valence-electron chi connectivity index (χ1n) is 6.69. The highest BCUT2D eigenvalue weighted by Gasteiger charge is 2.11. The van der Waals surface area contributed by atoms with Gasteiger partial charge < -0.3 is 4.74 Å². The summed E-state index contributed by atoms with van der Waals surface area (Å²) in [6.07, 6.45) is 0. The summed E-state index contributed by atoms with van der Waals surface area (Å²) in [4.78, 5) is 35.3. The first-order valence-corrected chi connectivity index (χ1v) is 7.57. The maximum Gasteiger partial charge on any atom is 0.327 e. The van der Waals surface area contributed by atoms with Crippen LogP contribution in [0.2, 0.25) is 0 Å². The fourth-order valence-corrected chi connectivity index (χ4v) is 2.75. The Hall–Kier alpha value is -2.81. The minimum absolute atomic E-state index is 0.204. The topological polar surface area (TPSA) is 96.1 Å². The average molecular weight is 332 g/mol. The standard InChI is InChI=1S/C14H12N4O4S/c1-9-7-23-14(21)17(9)6-12(19)22-8-18-13(20)10-4-2-3-5-11(10)15-16-18/h2-5,7H,6,8H2,1H3. The molecule has 0 amide bonds. The maximum atomic E-state index is 12.2. The molecule has 118 valence electrons. The molecule has 8 nitrogen and oxygen atoms in total. The Morgan fingerprint density at radius 2 is 2.09 bits per heavy atom. The molecule has 1 aromatic carbocycles. The van der Waals surface area contributed by atoms with Gasteiger partial charge in [-0.15, -0.1) is 5.10 Å². The molecule has 2 heterocycles. The van der Waals surface area contributed by atoms with Crippen molar-refractivity contribution in [3.63, 3.8) is 0 Å². The number of thiazole rings is 1. The lowest BCUT2D eigenvalue weighted by atomic mass is 10.2. The SMILES string of the molecule is Cc1csc(=O)n1CC(=O)OCn1nnc2ccccc2c1=O. The lowest BCUT2D eigenvalue weighted by Gasteiger charge is -2.07. The Morgan fingerprint density at radius 3 is 2.83 bits per heavy atom. The molecule has 3 aromatic rings. The smallest absolute Gasteiger partial charge is 0.327 e. The molecule has 0 spiro atoms. The van der Waals surface area contributed by atoms with Gasteiger partial charge >= 0.3 is 10.8 Å². The van der Waals surface area contributed by atoms with Crippen LogP contribution in [0.3, 0.4) is 0 Å². The number of rotatable bonds is 4. The summed E-state index contributed by atoms with van der Waals surface area (Å²) in [7, 11) is 0. The minimum atomic E-state index is -0.629. The Bertz CT molecular complexity index is 988. The number of aromatic nitrogens is 4. The first kappa shape index (κ1) is 15.1. The number of carbonyl (C=O) groups is 1. The largest absolute Gasteiger partial charge is 0.441 e. The second kappa shape index (κ2) is 6.13. The second-order valence-corrected chi connectivity index (χ2v) is 5.61. The molecule has 3 rings (SSSR count). The van der Waals surface area contributed by atoms with Gasteiger partial charge in [0, 0.05) is 11.1 Å². The Labute approximate surface area is 133 Å². The molecule has 0 aliphatic carbocycles. The van der Waals surface area contributed by atoms with Crippen LogP contribution in [-0.2, 0) is 22.8 Å². The van der Waals surface area contributed by atoms with E-state index in [1.165, 1.54) is 4.57 Å². The fraction of sp³-hybridized carbons (Fsp3) is 0.214. The molecule has 0 fully saturated rings. The molecular weight excluding hydrogens is 320 g/mol. The van der Waals surface area contributed by atoms with E-state index in [-0.39, 0.29) is 18.1 Å². The van der Waals surface area contributed by atoms with E-state index in [1.54, 1.807) is 36.6 Å². The zero-order valence-corrected chi connectivity index (χ0v) is 12.9. The van der Waals surface area contributed by atoms with Gasteiger partial charge in [-0.05, 0) is 19.1 Å². The molecule has 0 unspecified atom stereocenters. The van der Waals surface area contributed by atoms with Crippen molar-refractivity contribution in [3.8, 4) is 0 Å². The van der Waals surface area contributed by atoms with Crippen LogP contribution in [0.5, 0.6) is 0 Å². The fourth-order valence-electron chi connectivity index (χ4n) is 2.01. The number of carbonyl (C=O) groups excluding carboxylic acids is 1. The predicted molar refractivity (Wildman–Crippen MR) is 83.2 cm³/mol. The van der Waals surface area contributed by atoms with Gasteiger partial charge in [0.15, 0.2) is 6.73 Å². The number of ether oxygens (including phenoxy) is 1. The zero-order chi connectivity index (χ0) is 16.4. The third-order valence-electron chi connectivity index (χ3n) is 3.24. The summed E-state index contributed by atoms with van der Waals surface area (Å²) in [6, 6.07) is 6.76. The van der Waals surface area contributed by atoms with Crippen molar-refractivity contribution in [1.82, 2.24) is 19.6 Å². The number of hydrogen-bond donors (Lipinski definition) is 0. The average Bonchev–Trinajstić information content (AvgIpc) is 2.86. The van der Waals surface area contributed by atoms with Gasteiger partial charge in [-0.25, -0.2) is 0 Å². The zero-order valence-electron chi connectivity index (χ0n) is 12.1. The molecule has 9 heteroatoms. The third kappa shape index (κ3) is 3.04. The van der Waals surface area contributed by atoms with Crippen molar-refractivity contribution in [2.24, 2.45) is 0 Å². The van der Waals surface area contributed by atoms with Crippen LogP contribution in [-0.4, -0.2) is 25.5 Å². The highest BCUT2D eigenvalue weighted by molar-refractivity contribution is 7.07. The first-order chi connectivity index (χ1) is 11.1. The van der Waals surface area contributed by atoms with E-state index in [4.69, 9.17) is 4.74 Å². The maximum absolute atomic E-state index is 12.2. The van der Waals surface area contributed by atoms with E-state index in [2.05, 4.69) is 10.3 Å². The van der Waals surface area contributed by atoms with E-state index in [9.17, 15) is 14.4 Å². The normalized spacial score (nSPS) is 10.8. The number of aryl methyl sites for hydroxylation is 1. The van der Waals surface area contributed by atoms with Crippen molar-refractivity contribution < 1.29 is 9.53 Å². The van der Waals surface area contributed by atoms with Crippen LogP contribution < -0.4 is 10.4 Å². The summed E-state index contributed by atoms with van der Waals surface area (Å²) in [5.41, 5.74) is 0.757. The number of nitrogens with zero attached hydrogens (tertiary/aromatic N) is 4. The van der Waals surface area contributed by atoms with E-state index in [1.807, 2.05) is 0 Å². The lowest BCUT2D eigenvalue weighted by Crippen LogP contribution is -2.28. The van der Waals surface area contributed by atoms with Gasteiger partial charge in [0.1, 0.15) is 12.1 Å². The number of esters is 1. The van der Waals surface area contributed by atoms with Crippen molar-refractivity contribution in [2.75, 3.05) is 0 Å². The van der Waals surface area contributed by atoms with E-state index in [0.717, 1.165) is 16.0 Å². The molecule has 0 bridgehead atoms. The summed E-state index contributed by atoms with van der Waals surface area (Å²) >= 11 is 1.01. The molecule has 0 aliphatic heterocycles. The van der Waals surface area contributed by atoms with Crippen LogP contribution in [0.25, 0.3) is 10.9 Å². The van der Waals surface area contributed by atoms with Gasteiger partial charge in [-0.1, -0.05) is 28.7 Å². The van der Waals surface area contributed by atoms with Crippen molar-refractivity contribution >= 4 is 28.2 Å². The van der Waals surface area contributed by atoms with Crippen molar-refractivity contribution in [3.05, 3.63) is 55.4 Å². The Balaban J connectivity index is 1.73. The molecular formula is C14H12N4O4S. The molecule has 0 radical (unpaired) electrons. The van der Waals surface area contributed by atoms with E-state index < -0.39 is 11.5 Å². The Morgan fingerprint density at radius 1 is 1.30 bits per heavy atom. The van der Waals surface area contributed by atoms with Crippen molar-refractivity contribution in [1.29, 1.82) is 0 Å². The van der Waals surface area contributed by atoms with Crippen LogP contribution in [0.4, 0.5) is 0 Å². The number of benzene rings is 1. The van der Waals surface area contributed by atoms with Gasteiger partial charge in [0.25, 0.3) is 5.56 Å². The number of fused-ring (bicyclic) bond motifs is 1. The van der Waals surface area contributed by atoms with Crippen molar-refractivity contribution in [2.45, 2.75) is 20.2 Å². The third-order valence-corrected chi connectivity index (χ3v) is 4.12. The number of hydrogen-bond acceptors (Lipinski definition) is 7. The summed E-state index contributed by atoms with van der Waals surface area (Å²) < 4.78 is 7.28. The predicted octanol–water partition coefficient (Wildman–Crippen LogP) is 0.524. The molecule has 0 saturated heterocycles. The van der Waals surface area contributed by atoms with Crippen LogP contribution in [0.1, 0.15) is 5.69 Å². The van der Waals surface area contributed by atoms with Gasteiger partial charge in [0.05, 0.1) is 5.39 Å². The van der Waals surface area contributed by atoms with Gasteiger partial charge in [0.2, 0.25) is 0 Å². The highest BCUT2D eigenvalue weighted by atomic mass is 32.1. The molecule has 23 heavy (non-hydrogen) atoms. The summed E-state index contributed by atoms with van der Waals surface area (Å²) in [6.45, 7) is 1.17. The Kier molecular flexibility index (Phi) is 4.02. The van der Waals surface area contributed by atoms with E-state index in [0.29, 0.717) is 16.6 Å². The minimum Gasteiger partial charge on any atom is -0.441 e.